The molecule has 0 saturated carbocycles. The van der Waals surface area contributed by atoms with Crippen molar-refractivity contribution in [3.05, 3.63) is 15.6 Å². The van der Waals surface area contributed by atoms with Gasteiger partial charge in [0.05, 0.1) is 10.7 Å². The standard InChI is InChI=1S/C17H31N3S/c1-13(2)11-18-12-16-15(4)19-17(21-16)8-10-20-9-6-5-7-14(20)3/h13-14,18H,5-12H2,1-4H3. The number of piperidine rings is 1. The fraction of sp³-hybridized carbons (Fsp3) is 0.824. The lowest BCUT2D eigenvalue weighted by Gasteiger charge is -2.33. The van der Waals surface area contributed by atoms with Crippen LogP contribution in [0.2, 0.25) is 0 Å². The van der Waals surface area contributed by atoms with Crippen LogP contribution in [0, 0.1) is 12.8 Å². The fourth-order valence-corrected chi connectivity index (χ4v) is 3.99. The Hall–Kier alpha value is -0.450. The molecule has 2 heterocycles. The Morgan fingerprint density at radius 1 is 1.38 bits per heavy atom. The highest BCUT2D eigenvalue weighted by molar-refractivity contribution is 7.11. The maximum Gasteiger partial charge on any atom is 0.0944 e. The van der Waals surface area contributed by atoms with Gasteiger partial charge in [-0.25, -0.2) is 4.98 Å². The average Bonchev–Trinajstić information content (AvgIpc) is 2.78. The number of nitrogens with zero attached hydrogens (tertiary/aromatic N) is 2. The Bertz CT molecular complexity index is 428. The van der Waals surface area contributed by atoms with E-state index in [0.29, 0.717) is 5.92 Å². The van der Waals surface area contributed by atoms with Gasteiger partial charge in [0.25, 0.3) is 0 Å². The van der Waals surface area contributed by atoms with Gasteiger partial charge in [0, 0.05) is 30.4 Å². The number of rotatable bonds is 7. The molecule has 2 rings (SSSR count). The molecule has 1 aliphatic rings. The molecular formula is C17H31N3S. The van der Waals surface area contributed by atoms with Crippen molar-refractivity contribution in [2.24, 2.45) is 5.92 Å². The Morgan fingerprint density at radius 2 is 2.19 bits per heavy atom. The van der Waals surface area contributed by atoms with E-state index >= 15 is 0 Å². The molecule has 120 valence electrons. The molecule has 0 bridgehead atoms. The van der Waals surface area contributed by atoms with E-state index in [1.165, 1.54) is 47.9 Å². The zero-order chi connectivity index (χ0) is 15.2. The van der Waals surface area contributed by atoms with Crippen LogP contribution in [-0.2, 0) is 13.0 Å². The smallest absolute Gasteiger partial charge is 0.0944 e. The molecule has 3 nitrogen and oxygen atoms in total. The Balaban J connectivity index is 1.81. The van der Waals surface area contributed by atoms with Crippen LogP contribution in [0.5, 0.6) is 0 Å². The molecule has 1 fully saturated rings. The first-order chi connectivity index (χ1) is 10.1. The van der Waals surface area contributed by atoms with Gasteiger partial charge in [0.15, 0.2) is 0 Å². The predicted octanol–water partition coefficient (Wildman–Crippen LogP) is 3.61. The van der Waals surface area contributed by atoms with E-state index in [1.807, 2.05) is 11.3 Å². The molecule has 0 radical (unpaired) electrons. The Kier molecular flexibility index (Phi) is 6.65. The number of aryl methyl sites for hydroxylation is 1. The topological polar surface area (TPSA) is 28.2 Å². The highest BCUT2D eigenvalue weighted by Crippen LogP contribution is 2.21. The van der Waals surface area contributed by atoms with Gasteiger partial charge >= 0.3 is 0 Å². The van der Waals surface area contributed by atoms with Gasteiger partial charge < -0.3 is 10.2 Å². The van der Waals surface area contributed by atoms with E-state index in [4.69, 9.17) is 4.98 Å². The molecule has 1 saturated heterocycles. The molecule has 21 heavy (non-hydrogen) atoms. The third-order valence-electron chi connectivity index (χ3n) is 4.33. The van der Waals surface area contributed by atoms with Crippen molar-refractivity contribution >= 4 is 11.3 Å². The Morgan fingerprint density at radius 3 is 2.90 bits per heavy atom. The van der Waals surface area contributed by atoms with Crippen LogP contribution in [0.15, 0.2) is 0 Å². The first-order valence-electron chi connectivity index (χ1n) is 8.46. The molecule has 1 aliphatic heterocycles. The monoisotopic (exact) mass is 309 g/mol. The van der Waals surface area contributed by atoms with Crippen LogP contribution >= 0.6 is 11.3 Å². The van der Waals surface area contributed by atoms with Gasteiger partial charge in [0.2, 0.25) is 0 Å². The molecule has 1 unspecified atom stereocenters. The van der Waals surface area contributed by atoms with Crippen LogP contribution in [0.25, 0.3) is 0 Å². The van der Waals surface area contributed by atoms with Crippen molar-refractivity contribution in [3.8, 4) is 0 Å². The van der Waals surface area contributed by atoms with Gasteiger partial charge in [-0.3, -0.25) is 0 Å². The van der Waals surface area contributed by atoms with E-state index in [0.717, 1.165) is 25.6 Å². The van der Waals surface area contributed by atoms with Crippen molar-refractivity contribution in [2.45, 2.75) is 66.0 Å². The third-order valence-corrected chi connectivity index (χ3v) is 5.55. The molecule has 1 aromatic heterocycles. The van der Waals surface area contributed by atoms with Crippen LogP contribution < -0.4 is 5.32 Å². The van der Waals surface area contributed by atoms with E-state index in [2.05, 4.69) is 37.9 Å². The molecule has 0 aliphatic carbocycles. The fourth-order valence-electron chi connectivity index (χ4n) is 2.96. The van der Waals surface area contributed by atoms with Crippen molar-refractivity contribution < 1.29 is 0 Å². The van der Waals surface area contributed by atoms with E-state index in [-0.39, 0.29) is 0 Å². The van der Waals surface area contributed by atoms with E-state index < -0.39 is 0 Å². The second kappa shape index (κ2) is 8.25. The minimum absolute atomic E-state index is 0.707. The summed E-state index contributed by atoms with van der Waals surface area (Å²) in [5.74, 6) is 0.707. The molecule has 1 N–H and O–H groups in total. The highest BCUT2D eigenvalue weighted by Gasteiger charge is 2.18. The average molecular weight is 310 g/mol. The van der Waals surface area contributed by atoms with E-state index in [9.17, 15) is 0 Å². The van der Waals surface area contributed by atoms with Crippen LogP contribution in [0.1, 0.15) is 55.6 Å². The molecule has 0 amide bonds. The van der Waals surface area contributed by atoms with Crippen molar-refractivity contribution in [3.63, 3.8) is 0 Å². The summed E-state index contributed by atoms with van der Waals surface area (Å²) in [7, 11) is 0. The second-order valence-corrected chi connectivity index (χ2v) is 7.94. The second-order valence-electron chi connectivity index (χ2n) is 6.77. The molecular weight excluding hydrogens is 278 g/mol. The third kappa shape index (κ3) is 5.35. The minimum Gasteiger partial charge on any atom is -0.312 e. The maximum atomic E-state index is 4.77. The molecule has 0 aromatic carbocycles. The lowest BCUT2D eigenvalue weighted by atomic mass is 10.0. The summed E-state index contributed by atoms with van der Waals surface area (Å²) in [6.07, 6.45) is 5.24. The minimum atomic E-state index is 0.707. The SMILES string of the molecule is Cc1nc(CCN2CCCCC2C)sc1CNCC(C)C. The summed E-state index contributed by atoms with van der Waals surface area (Å²) in [6.45, 7) is 13.5. The lowest BCUT2D eigenvalue weighted by molar-refractivity contribution is 0.163. The maximum absolute atomic E-state index is 4.77. The molecule has 4 heteroatoms. The van der Waals surface area contributed by atoms with Gasteiger partial charge in [0.1, 0.15) is 0 Å². The summed E-state index contributed by atoms with van der Waals surface area (Å²) in [5.41, 5.74) is 1.22. The summed E-state index contributed by atoms with van der Waals surface area (Å²) in [6, 6.07) is 0.756. The first kappa shape index (κ1) is 16.9. The molecule has 0 spiro atoms. The van der Waals surface area contributed by atoms with Crippen molar-refractivity contribution in [2.75, 3.05) is 19.6 Å². The van der Waals surface area contributed by atoms with Gasteiger partial charge in [-0.05, 0) is 45.7 Å². The molecule has 1 aromatic rings. The summed E-state index contributed by atoms with van der Waals surface area (Å²) < 4.78 is 0. The largest absolute Gasteiger partial charge is 0.312 e. The quantitative estimate of drug-likeness (QED) is 0.834. The van der Waals surface area contributed by atoms with Crippen LogP contribution in [-0.4, -0.2) is 35.6 Å². The number of likely N-dealkylation sites (tertiary alicyclic amines) is 1. The van der Waals surface area contributed by atoms with Gasteiger partial charge in [-0.1, -0.05) is 20.3 Å². The van der Waals surface area contributed by atoms with E-state index in [1.54, 1.807) is 0 Å². The number of nitrogens with one attached hydrogen (secondary N) is 1. The van der Waals surface area contributed by atoms with Crippen molar-refractivity contribution in [1.82, 2.24) is 15.2 Å². The first-order valence-corrected chi connectivity index (χ1v) is 9.28. The van der Waals surface area contributed by atoms with Crippen molar-refractivity contribution in [1.29, 1.82) is 0 Å². The predicted molar refractivity (Wildman–Crippen MR) is 92.0 cm³/mol. The summed E-state index contributed by atoms with van der Waals surface area (Å²) >= 11 is 1.90. The highest BCUT2D eigenvalue weighted by atomic mass is 32.1. The number of hydrogen-bond donors (Lipinski definition) is 1. The Labute approximate surface area is 134 Å². The normalized spacial score (nSPS) is 20.3. The zero-order valence-electron chi connectivity index (χ0n) is 14.1. The zero-order valence-corrected chi connectivity index (χ0v) is 14.9. The summed E-state index contributed by atoms with van der Waals surface area (Å²) in [4.78, 5) is 8.82. The summed E-state index contributed by atoms with van der Waals surface area (Å²) in [5, 5.41) is 4.84. The molecule has 1 atom stereocenters. The lowest BCUT2D eigenvalue weighted by Crippen LogP contribution is -2.38. The number of aromatic nitrogens is 1. The number of hydrogen-bond acceptors (Lipinski definition) is 4. The van der Waals surface area contributed by atoms with Gasteiger partial charge in [-0.2, -0.15) is 0 Å². The van der Waals surface area contributed by atoms with Gasteiger partial charge in [-0.15, -0.1) is 11.3 Å². The van der Waals surface area contributed by atoms with Crippen LogP contribution in [0.4, 0.5) is 0 Å². The number of thiazole rings is 1. The van der Waals surface area contributed by atoms with Crippen LogP contribution in [0.3, 0.4) is 0 Å².